The fourth-order valence-electron chi connectivity index (χ4n) is 2.27. The van der Waals surface area contributed by atoms with E-state index in [0.29, 0.717) is 11.3 Å². The molecule has 1 heterocycles. The van der Waals surface area contributed by atoms with Gasteiger partial charge in [-0.25, -0.2) is 0 Å². The van der Waals surface area contributed by atoms with Crippen LogP contribution in [0.25, 0.3) is 0 Å². The SMILES string of the molecule is Cc1ccc(C(C)C)c(OCC(=O)NC(=S)NNC(=O)c2ccncc2)c1. The van der Waals surface area contributed by atoms with Crippen LogP contribution >= 0.6 is 12.2 Å². The molecular formula is C19H22N4O3S. The van der Waals surface area contributed by atoms with Gasteiger partial charge in [0.05, 0.1) is 0 Å². The molecule has 27 heavy (non-hydrogen) atoms. The van der Waals surface area contributed by atoms with Crippen LogP contribution in [0.3, 0.4) is 0 Å². The number of carbonyl (C=O) groups is 2. The fourth-order valence-corrected chi connectivity index (χ4v) is 2.43. The van der Waals surface area contributed by atoms with Gasteiger partial charge in [-0.15, -0.1) is 0 Å². The second-order valence-corrected chi connectivity index (χ2v) is 6.59. The number of thiocarbonyl (C=S) groups is 1. The third-order valence-electron chi connectivity index (χ3n) is 3.63. The van der Waals surface area contributed by atoms with Gasteiger partial charge in [-0.05, 0) is 54.4 Å². The number of ether oxygens (including phenoxy) is 1. The summed E-state index contributed by atoms with van der Waals surface area (Å²) in [4.78, 5) is 27.7. The first kappa shape index (κ1) is 20.3. The van der Waals surface area contributed by atoms with Gasteiger partial charge >= 0.3 is 0 Å². The van der Waals surface area contributed by atoms with E-state index in [1.807, 2.05) is 25.1 Å². The van der Waals surface area contributed by atoms with Crippen molar-refractivity contribution in [3.8, 4) is 5.75 Å². The fraction of sp³-hybridized carbons (Fsp3) is 0.263. The van der Waals surface area contributed by atoms with Crippen LogP contribution < -0.4 is 20.9 Å². The van der Waals surface area contributed by atoms with Gasteiger partial charge in [-0.1, -0.05) is 26.0 Å². The maximum Gasteiger partial charge on any atom is 0.269 e. The maximum atomic E-state index is 12.0. The molecule has 0 aliphatic heterocycles. The summed E-state index contributed by atoms with van der Waals surface area (Å²) in [5.41, 5.74) is 7.35. The third kappa shape index (κ3) is 6.34. The second kappa shape index (κ2) is 9.63. The topological polar surface area (TPSA) is 92.4 Å². The molecule has 0 fully saturated rings. The minimum atomic E-state index is -0.429. The molecule has 1 aromatic carbocycles. The Morgan fingerprint density at radius 1 is 1.15 bits per heavy atom. The number of benzene rings is 1. The highest BCUT2D eigenvalue weighted by atomic mass is 32.1. The van der Waals surface area contributed by atoms with Crippen molar-refractivity contribution in [2.75, 3.05) is 6.61 Å². The van der Waals surface area contributed by atoms with Crippen LogP contribution in [-0.2, 0) is 4.79 Å². The molecule has 0 saturated heterocycles. The van der Waals surface area contributed by atoms with Crippen LogP contribution in [0.2, 0.25) is 0 Å². The number of hydrazine groups is 1. The van der Waals surface area contributed by atoms with Crippen molar-refractivity contribution in [3.05, 3.63) is 59.4 Å². The molecule has 0 saturated carbocycles. The van der Waals surface area contributed by atoms with Gasteiger partial charge in [0, 0.05) is 18.0 Å². The van der Waals surface area contributed by atoms with Gasteiger partial charge < -0.3 is 4.74 Å². The first-order valence-corrected chi connectivity index (χ1v) is 8.81. The van der Waals surface area contributed by atoms with E-state index in [-0.39, 0.29) is 17.6 Å². The summed E-state index contributed by atoms with van der Waals surface area (Å²) in [6, 6.07) is 9.01. The zero-order valence-electron chi connectivity index (χ0n) is 15.4. The molecule has 0 atom stereocenters. The van der Waals surface area contributed by atoms with E-state index in [1.165, 1.54) is 12.4 Å². The molecule has 8 heteroatoms. The number of amides is 2. The molecule has 2 amide bonds. The molecule has 0 aliphatic rings. The second-order valence-electron chi connectivity index (χ2n) is 6.18. The normalized spacial score (nSPS) is 10.2. The number of nitrogens with zero attached hydrogens (tertiary/aromatic N) is 1. The molecule has 3 N–H and O–H groups in total. The number of rotatable bonds is 5. The highest BCUT2D eigenvalue weighted by molar-refractivity contribution is 7.80. The summed E-state index contributed by atoms with van der Waals surface area (Å²) in [7, 11) is 0. The molecule has 0 bridgehead atoms. The lowest BCUT2D eigenvalue weighted by molar-refractivity contribution is -0.121. The molecule has 0 unspecified atom stereocenters. The minimum absolute atomic E-state index is 0.0284. The van der Waals surface area contributed by atoms with E-state index >= 15 is 0 Å². The van der Waals surface area contributed by atoms with Crippen LogP contribution in [-0.4, -0.2) is 28.5 Å². The Morgan fingerprint density at radius 2 is 1.85 bits per heavy atom. The third-order valence-corrected chi connectivity index (χ3v) is 3.84. The van der Waals surface area contributed by atoms with Gasteiger partial charge in [0.2, 0.25) is 0 Å². The quantitative estimate of drug-likeness (QED) is 0.539. The summed E-state index contributed by atoms with van der Waals surface area (Å²) in [5.74, 6) is 0.119. The van der Waals surface area contributed by atoms with Gasteiger partial charge in [-0.2, -0.15) is 0 Å². The van der Waals surface area contributed by atoms with E-state index in [2.05, 4.69) is 35.0 Å². The number of nitrogens with one attached hydrogen (secondary N) is 3. The average Bonchev–Trinajstić information content (AvgIpc) is 2.65. The van der Waals surface area contributed by atoms with E-state index in [9.17, 15) is 9.59 Å². The lowest BCUT2D eigenvalue weighted by Crippen LogP contribution is -2.49. The van der Waals surface area contributed by atoms with E-state index in [0.717, 1.165) is 11.1 Å². The molecule has 2 aromatic rings. The zero-order chi connectivity index (χ0) is 19.8. The first-order chi connectivity index (χ1) is 12.9. The average molecular weight is 386 g/mol. The number of aryl methyl sites for hydroxylation is 1. The predicted octanol–water partition coefficient (Wildman–Crippen LogP) is 2.23. The maximum absolute atomic E-state index is 12.0. The van der Waals surface area contributed by atoms with Crippen LogP contribution in [0.5, 0.6) is 5.75 Å². The number of pyridine rings is 1. The molecule has 1 aromatic heterocycles. The van der Waals surface area contributed by atoms with Crippen LogP contribution in [0.4, 0.5) is 0 Å². The van der Waals surface area contributed by atoms with Crippen molar-refractivity contribution < 1.29 is 14.3 Å². The zero-order valence-corrected chi connectivity index (χ0v) is 16.2. The Balaban J connectivity index is 1.81. The molecule has 0 aliphatic carbocycles. The Morgan fingerprint density at radius 3 is 2.52 bits per heavy atom. The van der Waals surface area contributed by atoms with E-state index in [4.69, 9.17) is 17.0 Å². The lowest BCUT2D eigenvalue weighted by atomic mass is 10.0. The van der Waals surface area contributed by atoms with Crippen LogP contribution in [0.15, 0.2) is 42.7 Å². The molecular weight excluding hydrogens is 364 g/mol. The monoisotopic (exact) mass is 386 g/mol. The highest BCUT2D eigenvalue weighted by Crippen LogP contribution is 2.27. The lowest BCUT2D eigenvalue weighted by Gasteiger charge is -2.15. The van der Waals surface area contributed by atoms with Crippen molar-refractivity contribution in [3.63, 3.8) is 0 Å². The van der Waals surface area contributed by atoms with E-state index < -0.39 is 11.8 Å². The molecule has 142 valence electrons. The first-order valence-electron chi connectivity index (χ1n) is 8.40. The summed E-state index contributed by atoms with van der Waals surface area (Å²) >= 11 is 4.99. The smallest absolute Gasteiger partial charge is 0.269 e. The molecule has 7 nitrogen and oxygen atoms in total. The molecule has 0 spiro atoms. The predicted molar refractivity (Wildman–Crippen MR) is 106 cm³/mol. The molecule has 2 rings (SSSR count). The Kier molecular flexibility index (Phi) is 7.25. The van der Waals surface area contributed by atoms with Crippen molar-refractivity contribution in [2.45, 2.75) is 26.7 Å². The number of aromatic nitrogens is 1. The standard InChI is InChI=1S/C19H22N4O3S/c1-12(2)15-5-4-13(3)10-16(15)26-11-17(24)21-19(27)23-22-18(25)14-6-8-20-9-7-14/h4-10,12H,11H2,1-3H3,(H,22,25)(H2,21,23,24,27). The van der Waals surface area contributed by atoms with Crippen molar-refractivity contribution in [1.29, 1.82) is 0 Å². The van der Waals surface area contributed by atoms with E-state index in [1.54, 1.807) is 12.1 Å². The summed E-state index contributed by atoms with van der Waals surface area (Å²) in [6.07, 6.45) is 3.01. The van der Waals surface area contributed by atoms with Gasteiger partial charge in [0.25, 0.3) is 11.8 Å². The summed E-state index contributed by atoms with van der Waals surface area (Å²) in [5, 5.41) is 2.42. The summed E-state index contributed by atoms with van der Waals surface area (Å²) < 4.78 is 5.64. The van der Waals surface area contributed by atoms with Crippen LogP contribution in [0, 0.1) is 6.92 Å². The highest BCUT2D eigenvalue weighted by Gasteiger charge is 2.12. The van der Waals surface area contributed by atoms with Crippen molar-refractivity contribution in [2.24, 2.45) is 0 Å². The largest absolute Gasteiger partial charge is 0.483 e. The van der Waals surface area contributed by atoms with Crippen molar-refractivity contribution in [1.82, 2.24) is 21.2 Å². The Labute approximate surface area is 163 Å². The Hall–Kier alpha value is -3.00. The summed E-state index contributed by atoms with van der Waals surface area (Å²) in [6.45, 7) is 5.88. The van der Waals surface area contributed by atoms with Gasteiger partial charge in [-0.3, -0.25) is 30.7 Å². The Bertz CT molecular complexity index is 825. The number of hydrogen-bond donors (Lipinski definition) is 3. The van der Waals surface area contributed by atoms with Gasteiger partial charge in [0.15, 0.2) is 11.7 Å². The number of carbonyl (C=O) groups excluding carboxylic acids is 2. The molecule has 0 radical (unpaired) electrons. The number of hydrogen-bond acceptors (Lipinski definition) is 5. The van der Waals surface area contributed by atoms with Crippen molar-refractivity contribution >= 4 is 29.1 Å². The van der Waals surface area contributed by atoms with Gasteiger partial charge in [0.1, 0.15) is 5.75 Å². The van der Waals surface area contributed by atoms with Crippen LogP contribution in [0.1, 0.15) is 41.3 Å². The minimum Gasteiger partial charge on any atom is -0.483 e.